The lowest BCUT2D eigenvalue weighted by Gasteiger charge is -2.29. The Morgan fingerprint density at radius 3 is 2.78 bits per heavy atom. The molecule has 0 aromatic heterocycles. The van der Waals surface area contributed by atoms with Crippen LogP contribution < -0.4 is 5.32 Å². The molecule has 1 aromatic carbocycles. The van der Waals surface area contributed by atoms with Crippen LogP contribution in [0.4, 0.5) is 0 Å². The fourth-order valence-corrected chi connectivity index (χ4v) is 2.97. The Bertz CT molecular complexity index is 406. The van der Waals surface area contributed by atoms with Gasteiger partial charge in [-0.2, -0.15) is 0 Å². The number of hydrogen-bond donors (Lipinski definition) is 1. The lowest BCUT2D eigenvalue weighted by atomic mass is 9.89. The van der Waals surface area contributed by atoms with E-state index < -0.39 is 0 Å². The van der Waals surface area contributed by atoms with Crippen molar-refractivity contribution in [3.8, 4) is 0 Å². The molecule has 18 heavy (non-hydrogen) atoms. The molecule has 1 aliphatic heterocycles. The Labute approximate surface area is 111 Å². The maximum absolute atomic E-state index is 3.48. The average Bonchev–Trinajstić information content (AvgIpc) is 2.70. The molecule has 0 aliphatic carbocycles. The summed E-state index contributed by atoms with van der Waals surface area (Å²) in [6.45, 7) is 11.3. The number of hydrogen-bond acceptors (Lipinski definition) is 2. The molecule has 0 amide bonds. The van der Waals surface area contributed by atoms with E-state index in [9.17, 15) is 0 Å². The number of nitrogens with zero attached hydrogens (tertiary/aromatic N) is 1. The van der Waals surface area contributed by atoms with Crippen LogP contribution in [0.3, 0.4) is 0 Å². The van der Waals surface area contributed by atoms with Crippen LogP contribution >= 0.6 is 0 Å². The standard InChI is InChI=1S/C16H26N2/c1-13-5-6-14(2)15(9-13)10-18(4)12-16(3)7-8-17-11-16/h5-6,9,17H,7-8,10-12H2,1-4H3. The van der Waals surface area contributed by atoms with Crippen LogP contribution in [0.5, 0.6) is 0 Å². The second kappa shape index (κ2) is 5.41. The molecule has 1 atom stereocenters. The van der Waals surface area contributed by atoms with Crippen LogP contribution in [0, 0.1) is 19.3 Å². The maximum Gasteiger partial charge on any atom is 0.0233 e. The minimum absolute atomic E-state index is 0.451. The van der Waals surface area contributed by atoms with Gasteiger partial charge in [-0.05, 0) is 50.4 Å². The van der Waals surface area contributed by atoms with Crippen molar-refractivity contribution in [3.05, 3.63) is 34.9 Å². The molecular formula is C16H26N2. The van der Waals surface area contributed by atoms with E-state index in [-0.39, 0.29) is 0 Å². The molecule has 0 radical (unpaired) electrons. The van der Waals surface area contributed by atoms with Crippen molar-refractivity contribution in [3.63, 3.8) is 0 Å². The van der Waals surface area contributed by atoms with Crippen LogP contribution in [0.25, 0.3) is 0 Å². The van der Waals surface area contributed by atoms with Crippen molar-refractivity contribution in [1.29, 1.82) is 0 Å². The number of aryl methyl sites for hydroxylation is 2. The molecule has 1 fully saturated rings. The van der Waals surface area contributed by atoms with Crippen molar-refractivity contribution in [2.45, 2.75) is 33.7 Å². The van der Waals surface area contributed by atoms with Gasteiger partial charge in [-0.3, -0.25) is 0 Å². The van der Waals surface area contributed by atoms with Gasteiger partial charge in [0.1, 0.15) is 0 Å². The van der Waals surface area contributed by atoms with Crippen LogP contribution in [-0.4, -0.2) is 31.6 Å². The number of benzene rings is 1. The Morgan fingerprint density at radius 2 is 2.11 bits per heavy atom. The fraction of sp³-hybridized carbons (Fsp3) is 0.625. The van der Waals surface area contributed by atoms with Crippen molar-refractivity contribution in [2.24, 2.45) is 5.41 Å². The summed E-state index contributed by atoms with van der Waals surface area (Å²) in [6.07, 6.45) is 1.30. The highest BCUT2D eigenvalue weighted by Crippen LogP contribution is 2.26. The average molecular weight is 246 g/mol. The monoisotopic (exact) mass is 246 g/mol. The third kappa shape index (κ3) is 3.33. The van der Waals surface area contributed by atoms with Crippen LogP contribution in [0.2, 0.25) is 0 Å². The highest BCUT2D eigenvalue weighted by Gasteiger charge is 2.29. The molecular weight excluding hydrogens is 220 g/mol. The highest BCUT2D eigenvalue weighted by atomic mass is 15.1. The summed E-state index contributed by atoms with van der Waals surface area (Å²) >= 11 is 0. The lowest BCUT2D eigenvalue weighted by molar-refractivity contribution is 0.203. The third-order valence-corrected chi connectivity index (χ3v) is 4.05. The van der Waals surface area contributed by atoms with Crippen molar-refractivity contribution in [1.82, 2.24) is 10.2 Å². The molecule has 1 aromatic rings. The first-order valence-corrected chi connectivity index (χ1v) is 6.94. The van der Waals surface area contributed by atoms with E-state index in [0.29, 0.717) is 5.41 Å². The Hall–Kier alpha value is -0.860. The molecule has 2 rings (SSSR count). The van der Waals surface area contributed by atoms with E-state index in [2.05, 4.69) is 56.2 Å². The van der Waals surface area contributed by atoms with E-state index in [0.717, 1.165) is 13.1 Å². The van der Waals surface area contributed by atoms with Crippen molar-refractivity contribution >= 4 is 0 Å². The number of nitrogens with one attached hydrogen (secondary N) is 1. The molecule has 0 spiro atoms. The topological polar surface area (TPSA) is 15.3 Å². The van der Waals surface area contributed by atoms with E-state index >= 15 is 0 Å². The second-order valence-corrected chi connectivity index (χ2v) is 6.34. The van der Waals surface area contributed by atoms with Gasteiger partial charge in [0.25, 0.3) is 0 Å². The minimum atomic E-state index is 0.451. The SMILES string of the molecule is Cc1ccc(C)c(CN(C)CC2(C)CCNC2)c1. The molecule has 0 bridgehead atoms. The van der Waals surface area contributed by atoms with Crippen LogP contribution in [0.1, 0.15) is 30.0 Å². The maximum atomic E-state index is 3.48. The highest BCUT2D eigenvalue weighted by molar-refractivity contribution is 5.30. The Kier molecular flexibility index (Phi) is 4.08. The first-order chi connectivity index (χ1) is 8.48. The Morgan fingerprint density at radius 1 is 1.33 bits per heavy atom. The zero-order chi connectivity index (χ0) is 13.2. The summed E-state index contributed by atoms with van der Waals surface area (Å²) in [5, 5.41) is 3.48. The van der Waals surface area contributed by atoms with Gasteiger partial charge in [0.15, 0.2) is 0 Å². The van der Waals surface area contributed by atoms with Crippen LogP contribution in [0.15, 0.2) is 18.2 Å². The van der Waals surface area contributed by atoms with Crippen molar-refractivity contribution < 1.29 is 0 Å². The normalized spacial score (nSPS) is 23.8. The molecule has 1 aliphatic rings. The van der Waals surface area contributed by atoms with Gasteiger partial charge in [0.2, 0.25) is 0 Å². The first kappa shape index (κ1) is 13.6. The summed E-state index contributed by atoms with van der Waals surface area (Å²) in [4.78, 5) is 2.47. The number of rotatable bonds is 4. The molecule has 1 heterocycles. The fourth-order valence-electron chi connectivity index (χ4n) is 2.97. The van der Waals surface area contributed by atoms with E-state index in [4.69, 9.17) is 0 Å². The first-order valence-electron chi connectivity index (χ1n) is 6.94. The van der Waals surface area contributed by atoms with E-state index in [1.807, 2.05) is 0 Å². The smallest absolute Gasteiger partial charge is 0.0233 e. The predicted molar refractivity (Wildman–Crippen MR) is 77.8 cm³/mol. The summed E-state index contributed by atoms with van der Waals surface area (Å²) in [7, 11) is 2.24. The van der Waals surface area contributed by atoms with E-state index in [1.165, 1.54) is 36.2 Å². The molecule has 1 unspecified atom stereocenters. The second-order valence-electron chi connectivity index (χ2n) is 6.34. The van der Waals surface area contributed by atoms with Crippen molar-refractivity contribution in [2.75, 3.05) is 26.7 Å². The largest absolute Gasteiger partial charge is 0.316 e. The lowest BCUT2D eigenvalue weighted by Crippen LogP contribution is -2.34. The zero-order valence-electron chi connectivity index (χ0n) is 12.2. The summed E-state index contributed by atoms with van der Waals surface area (Å²) < 4.78 is 0. The summed E-state index contributed by atoms with van der Waals surface area (Å²) in [5.41, 5.74) is 4.68. The van der Waals surface area contributed by atoms with Gasteiger partial charge in [-0.15, -0.1) is 0 Å². The molecule has 1 N–H and O–H groups in total. The van der Waals surface area contributed by atoms with Crippen LogP contribution in [-0.2, 0) is 6.54 Å². The minimum Gasteiger partial charge on any atom is -0.316 e. The van der Waals surface area contributed by atoms with Gasteiger partial charge in [-0.25, -0.2) is 0 Å². The van der Waals surface area contributed by atoms with Gasteiger partial charge in [-0.1, -0.05) is 30.7 Å². The molecule has 1 saturated heterocycles. The van der Waals surface area contributed by atoms with Gasteiger partial charge in [0.05, 0.1) is 0 Å². The van der Waals surface area contributed by atoms with Gasteiger partial charge >= 0.3 is 0 Å². The zero-order valence-corrected chi connectivity index (χ0v) is 12.2. The molecule has 2 heteroatoms. The Balaban J connectivity index is 1.98. The van der Waals surface area contributed by atoms with E-state index in [1.54, 1.807) is 0 Å². The molecule has 100 valence electrons. The van der Waals surface area contributed by atoms with Gasteiger partial charge < -0.3 is 10.2 Å². The predicted octanol–water partition coefficient (Wildman–Crippen LogP) is 2.73. The van der Waals surface area contributed by atoms with Gasteiger partial charge in [0, 0.05) is 19.6 Å². The third-order valence-electron chi connectivity index (χ3n) is 4.05. The molecule has 0 saturated carbocycles. The summed E-state index contributed by atoms with van der Waals surface area (Å²) in [5.74, 6) is 0. The quantitative estimate of drug-likeness (QED) is 0.879. The summed E-state index contributed by atoms with van der Waals surface area (Å²) in [6, 6.07) is 6.75. The molecule has 2 nitrogen and oxygen atoms in total.